The molecule has 1 aliphatic rings. The minimum atomic E-state index is -4.66. The lowest BCUT2D eigenvalue weighted by molar-refractivity contribution is -0.274. The van der Waals surface area contributed by atoms with E-state index in [1.54, 1.807) is 12.1 Å². The largest absolute Gasteiger partial charge is 0.573 e. The second-order valence-electron chi connectivity index (χ2n) is 4.91. The molecule has 1 unspecified atom stereocenters. The van der Waals surface area contributed by atoms with Crippen molar-refractivity contribution in [3.63, 3.8) is 0 Å². The van der Waals surface area contributed by atoms with Gasteiger partial charge in [-0.05, 0) is 31.0 Å². The van der Waals surface area contributed by atoms with Crippen molar-refractivity contribution < 1.29 is 22.6 Å². The fourth-order valence-electron chi connectivity index (χ4n) is 1.97. The van der Waals surface area contributed by atoms with E-state index in [1.165, 1.54) is 12.1 Å². The molecule has 1 aromatic rings. The molecule has 1 atom stereocenters. The Morgan fingerprint density at radius 2 is 2.21 bits per heavy atom. The molecule has 0 aliphatic carbocycles. The van der Waals surface area contributed by atoms with Crippen molar-refractivity contribution in [2.24, 2.45) is 0 Å². The summed E-state index contributed by atoms with van der Waals surface area (Å²) in [7, 11) is 0. The number of benzene rings is 1. The number of ether oxygens (including phenoxy) is 2. The first kappa shape index (κ1) is 14.1. The molecule has 6 heteroatoms. The van der Waals surface area contributed by atoms with Gasteiger partial charge in [-0.3, -0.25) is 0 Å². The maximum absolute atomic E-state index is 12.1. The molecule has 1 aliphatic heterocycles. The maximum atomic E-state index is 12.1. The Labute approximate surface area is 109 Å². The molecule has 106 valence electrons. The lowest BCUT2D eigenvalue weighted by Crippen LogP contribution is -2.42. The Hall–Kier alpha value is -1.27. The van der Waals surface area contributed by atoms with Gasteiger partial charge in [0.25, 0.3) is 0 Å². The van der Waals surface area contributed by atoms with Crippen LogP contribution in [-0.4, -0.2) is 25.1 Å². The average Bonchev–Trinajstić information content (AvgIpc) is 2.73. The number of rotatable bonds is 4. The summed E-state index contributed by atoms with van der Waals surface area (Å²) in [6, 6.07) is 5.98. The summed E-state index contributed by atoms with van der Waals surface area (Å²) in [4.78, 5) is 0. The van der Waals surface area contributed by atoms with Gasteiger partial charge in [0.1, 0.15) is 5.75 Å². The molecule has 0 bridgehead atoms. The predicted octanol–water partition coefficient (Wildman–Crippen LogP) is 2.85. The number of alkyl halides is 3. The Morgan fingerprint density at radius 3 is 2.84 bits per heavy atom. The van der Waals surface area contributed by atoms with Crippen LogP contribution < -0.4 is 10.1 Å². The predicted molar refractivity (Wildman–Crippen MR) is 63.8 cm³/mol. The van der Waals surface area contributed by atoms with E-state index in [0.29, 0.717) is 19.8 Å². The number of nitrogens with one attached hydrogen (secondary N) is 1. The van der Waals surface area contributed by atoms with E-state index in [9.17, 15) is 13.2 Å². The molecule has 2 rings (SSSR count). The van der Waals surface area contributed by atoms with Gasteiger partial charge in [0.05, 0.1) is 6.61 Å². The van der Waals surface area contributed by atoms with Gasteiger partial charge >= 0.3 is 6.36 Å². The topological polar surface area (TPSA) is 30.5 Å². The third-order valence-electron chi connectivity index (χ3n) is 3.07. The highest BCUT2D eigenvalue weighted by Crippen LogP contribution is 2.24. The first-order valence-corrected chi connectivity index (χ1v) is 6.04. The quantitative estimate of drug-likeness (QED) is 0.916. The van der Waals surface area contributed by atoms with Crippen molar-refractivity contribution in [2.75, 3.05) is 13.2 Å². The van der Waals surface area contributed by atoms with Crippen molar-refractivity contribution >= 4 is 0 Å². The number of hydrogen-bond donors (Lipinski definition) is 1. The van der Waals surface area contributed by atoms with Gasteiger partial charge < -0.3 is 14.8 Å². The van der Waals surface area contributed by atoms with Gasteiger partial charge in [-0.2, -0.15) is 0 Å². The molecular weight excluding hydrogens is 259 g/mol. The first-order valence-electron chi connectivity index (χ1n) is 6.04. The smallest absolute Gasteiger partial charge is 0.406 e. The zero-order valence-electron chi connectivity index (χ0n) is 10.6. The van der Waals surface area contributed by atoms with Crippen molar-refractivity contribution in [3.05, 3.63) is 29.8 Å². The fourth-order valence-corrected chi connectivity index (χ4v) is 1.97. The van der Waals surface area contributed by atoms with Crippen LogP contribution in [0.25, 0.3) is 0 Å². The molecule has 1 saturated heterocycles. The minimum Gasteiger partial charge on any atom is -0.406 e. The van der Waals surface area contributed by atoms with Crippen molar-refractivity contribution in [1.82, 2.24) is 5.32 Å². The van der Waals surface area contributed by atoms with Crippen LogP contribution in [-0.2, 0) is 11.3 Å². The van der Waals surface area contributed by atoms with E-state index in [1.807, 2.05) is 6.92 Å². The van der Waals surface area contributed by atoms with Gasteiger partial charge in [0.2, 0.25) is 0 Å². The van der Waals surface area contributed by atoms with Gasteiger partial charge in [0.15, 0.2) is 0 Å². The first-order chi connectivity index (χ1) is 8.86. The standard InChI is InChI=1S/C13H16F3NO2/c1-12(5-6-18-9-12)17-8-10-3-2-4-11(7-10)19-13(14,15)16/h2-4,7,17H,5-6,8-9H2,1H3. The van der Waals surface area contributed by atoms with E-state index in [2.05, 4.69) is 10.1 Å². The summed E-state index contributed by atoms with van der Waals surface area (Å²) < 4.78 is 45.5. The van der Waals surface area contributed by atoms with E-state index >= 15 is 0 Å². The van der Waals surface area contributed by atoms with Crippen LogP contribution in [0, 0.1) is 0 Å². The summed E-state index contributed by atoms with van der Waals surface area (Å²) in [5.74, 6) is -0.195. The second kappa shape index (κ2) is 5.38. The van der Waals surface area contributed by atoms with Crippen LogP contribution >= 0.6 is 0 Å². The summed E-state index contributed by atoms with van der Waals surface area (Å²) in [5.41, 5.74) is 0.635. The minimum absolute atomic E-state index is 0.110. The molecule has 0 radical (unpaired) electrons. The van der Waals surface area contributed by atoms with Gasteiger partial charge in [0, 0.05) is 18.7 Å². The summed E-state index contributed by atoms with van der Waals surface area (Å²) in [6.45, 7) is 3.84. The molecule has 0 saturated carbocycles. The lowest BCUT2D eigenvalue weighted by atomic mass is 10.0. The van der Waals surface area contributed by atoms with Gasteiger partial charge in [-0.25, -0.2) is 0 Å². The molecule has 1 N–H and O–H groups in total. The molecule has 3 nitrogen and oxygen atoms in total. The zero-order valence-corrected chi connectivity index (χ0v) is 10.6. The van der Waals surface area contributed by atoms with E-state index in [0.717, 1.165) is 12.0 Å². The Bertz CT molecular complexity index is 428. The highest BCUT2D eigenvalue weighted by Gasteiger charge is 2.31. The second-order valence-corrected chi connectivity index (χ2v) is 4.91. The van der Waals surface area contributed by atoms with Crippen molar-refractivity contribution in [3.8, 4) is 5.75 Å². The Morgan fingerprint density at radius 1 is 1.42 bits per heavy atom. The number of halogens is 3. The van der Waals surface area contributed by atoms with Crippen LogP contribution in [0.3, 0.4) is 0 Å². The van der Waals surface area contributed by atoms with E-state index in [-0.39, 0.29) is 11.3 Å². The van der Waals surface area contributed by atoms with Gasteiger partial charge in [-0.1, -0.05) is 12.1 Å². The summed E-state index contributed by atoms with van der Waals surface area (Å²) in [5, 5.41) is 3.30. The number of hydrogen-bond acceptors (Lipinski definition) is 3. The summed E-state index contributed by atoms with van der Waals surface area (Å²) >= 11 is 0. The van der Waals surface area contributed by atoms with Crippen molar-refractivity contribution in [2.45, 2.75) is 31.8 Å². The molecule has 0 amide bonds. The molecule has 1 aromatic carbocycles. The normalized spacial score (nSPS) is 23.6. The van der Waals surface area contributed by atoms with E-state index < -0.39 is 6.36 Å². The Balaban J connectivity index is 1.95. The zero-order chi connectivity index (χ0) is 13.9. The lowest BCUT2D eigenvalue weighted by Gasteiger charge is -2.23. The molecule has 1 heterocycles. The third-order valence-corrected chi connectivity index (χ3v) is 3.07. The average molecular weight is 275 g/mol. The van der Waals surface area contributed by atoms with Crippen LogP contribution in [0.5, 0.6) is 5.75 Å². The van der Waals surface area contributed by atoms with Crippen LogP contribution in [0.4, 0.5) is 13.2 Å². The monoisotopic (exact) mass is 275 g/mol. The molecule has 0 aromatic heterocycles. The highest BCUT2D eigenvalue weighted by molar-refractivity contribution is 5.28. The van der Waals surface area contributed by atoms with Crippen LogP contribution in [0.15, 0.2) is 24.3 Å². The molecule has 1 fully saturated rings. The maximum Gasteiger partial charge on any atom is 0.573 e. The summed E-state index contributed by atoms with van der Waals surface area (Å²) in [6.07, 6.45) is -3.76. The highest BCUT2D eigenvalue weighted by atomic mass is 19.4. The van der Waals surface area contributed by atoms with Gasteiger partial charge in [-0.15, -0.1) is 13.2 Å². The Kier molecular flexibility index (Phi) is 4.01. The molecular formula is C13H16F3NO2. The molecule has 0 spiro atoms. The third kappa shape index (κ3) is 4.40. The van der Waals surface area contributed by atoms with E-state index in [4.69, 9.17) is 4.74 Å². The SMILES string of the molecule is CC1(NCc2cccc(OC(F)(F)F)c2)CCOC1. The van der Waals surface area contributed by atoms with Crippen molar-refractivity contribution in [1.29, 1.82) is 0 Å². The fraction of sp³-hybridized carbons (Fsp3) is 0.538. The van der Waals surface area contributed by atoms with Crippen LogP contribution in [0.2, 0.25) is 0 Å². The van der Waals surface area contributed by atoms with Crippen LogP contribution in [0.1, 0.15) is 18.9 Å². The molecule has 19 heavy (non-hydrogen) atoms.